The largest absolute Gasteiger partial charge is 0.375 e. The Morgan fingerprint density at radius 1 is 1.31 bits per heavy atom. The van der Waals surface area contributed by atoms with Crippen LogP contribution in [0, 0.1) is 0 Å². The van der Waals surface area contributed by atoms with Crippen molar-refractivity contribution in [3.05, 3.63) is 24.3 Å². The van der Waals surface area contributed by atoms with Crippen LogP contribution in [0.5, 0.6) is 0 Å². The summed E-state index contributed by atoms with van der Waals surface area (Å²) >= 11 is 0. The van der Waals surface area contributed by atoms with E-state index in [1.54, 1.807) is 37.5 Å². The van der Waals surface area contributed by atoms with Gasteiger partial charge in [0.05, 0.1) is 11.7 Å². The molecule has 1 aromatic rings. The number of hydrogen-bond donors (Lipinski definition) is 0. The lowest BCUT2D eigenvalue weighted by Gasteiger charge is -2.45. The summed E-state index contributed by atoms with van der Waals surface area (Å²) in [5, 5.41) is 0. The van der Waals surface area contributed by atoms with Crippen LogP contribution in [-0.2, 0) is 14.3 Å². The maximum Gasteiger partial charge on any atom is 0.291 e. The standard InChI is InChI=1S/C18H26N4O4/c1-21(2)15(23)13-25-14-4-11-26-18(12-14)5-9-22(10-6-18)17(24)16-19-7-3-8-20-16/h3,7-8,14H,4-6,9-13H2,1-2H3. The lowest BCUT2D eigenvalue weighted by Crippen LogP contribution is -2.52. The third-order valence-corrected chi connectivity index (χ3v) is 5.11. The van der Waals surface area contributed by atoms with Crippen LogP contribution >= 0.6 is 0 Å². The molecule has 1 spiro atoms. The SMILES string of the molecule is CN(C)C(=O)COC1CCOC2(CCN(C(=O)c3ncccn3)CC2)C1. The van der Waals surface area contributed by atoms with Crippen LogP contribution in [0.15, 0.2) is 18.5 Å². The topological polar surface area (TPSA) is 84.9 Å². The molecule has 0 radical (unpaired) electrons. The van der Waals surface area contributed by atoms with Gasteiger partial charge in [-0.2, -0.15) is 0 Å². The predicted octanol–water partition coefficient (Wildman–Crippen LogP) is 0.735. The molecule has 8 nitrogen and oxygen atoms in total. The Morgan fingerprint density at radius 2 is 2.00 bits per heavy atom. The lowest BCUT2D eigenvalue weighted by molar-refractivity contribution is -0.160. The van der Waals surface area contributed by atoms with Crippen LogP contribution in [0.25, 0.3) is 0 Å². The van der Waals surface area contributed by atoms with E-state index in [-0.39, 0.29) is 36.0 Å². The summed E-state index contributed by atoms with van der Waals surface area (Å²) in [6, 6.07) is 1.69. The first kappa shape index (κ1) is 18.7. The Morgan fingerprint density at radius 3 is 2.65 bits per heavy atom. The molecule has 2 saturated heterocycles. The van der Waals surface area contributed by atoms with Gasteiger partial charge in [0.15, 0.2) is 0 Å². The molecular formula is C18H26N4O4. The third-order valence-electron chi connectivity index (χ3n) is 5.11. The number of likely N-dealkylation sites (N-methyl/N-ethyl adjacent to an activating group) is 1. The van der Waals surface area contributed by atoms with E-state index in [0.717, 1.165) is 25.7 Å². The molecule has 8 heteroatoms. The molecule has 0 bridgehead atoms. The third kappa shape index (κ3) is 4.37. The van der Waals surface area contributed by atoms with Crippen molar-refractivity contribution in [2.45, 2.75) is 37.4 Å². The summed E-state index contributed by atoms with van der Waals surface area (Å²) < 4.78 is 11.9. The minimum Gasteiger partial charge on any atom is -0.375 e. The van der Waals surface area contributed by atoms with Crippen molar-refractivity contribution in [3.63, 3.8) is 0 Å². The quantitative estimate of drug-likeness (QED) is 0.785. The van der Waals surface area contributed by atoms with Crippen molar-refractivity contribution in [1.82, 2.24) is 19.8 Å². The van der Waals surface area contributed by atoms with Gasteiger partial charge in [-0.3, -0.25) is 9.59 Å². The van der Waals surface area contributed by atoms with Gasteiger partial charge in [0.2, 0.25) is 11.7 Å². The highest BCUT2D eigenvalue weighted by atomic mass is 16.5. The maximum atomic E-state index is 12.5. The van der Waals surface area contributed by atoms with Gasteiger partial charge < -0.3 is 19.3 Å². The molecule has 26 heavy (non-hydrogen) atoms. The molecule has 1 aromatic heterocycles. The predicted molar refractivity (Wildman–Crippen MR) is 93.5 cm³/mol. The first-order valence-corrected chi connectivity index (χ1v) is 9.01. The molecule has 1 atom stereocenters. The molecule has 0 saturated carbocycles. The van der Waals surface area contributed by atoms with Crippen LogP contribution in [-0.4, -0.2) is 83.7 Å². The van der Waals surface area contributed by atoms with Crippen LogP contribution in [0.4, 0.5) is 0 Å². The second kappa shape index (κ2) is 8.09. The van der Waals surface area contributed by atoms with E-state index >= 15 is 0 Å². The summed E-state index contributed by atoms with van der Waals surface area (Å²) in [5.41, 5.74) is -0.265. The Balaban J connectivity index is 1.52. The maximum absolute atomic E-state index is 12.5. The zero-order valence-corrected chi connectivity index (χ0v) is 15.4. The smallest absolute Gasteiger partial charge is 0.291 e. The van der Waals surface area contributed by atoms with E-state index in [2.05, 4.69) is 9.97 Å². The highest BCUT2D eigenvalue weighted by molar-refractivity contribution is 5.90. The molecule has 2 fully saturated rings. The summed E-state index contributed by atoms with van der Waals surface area (Å²) in [7, 11) is 3.45. The fourth-order valence-corrected chi connectivity index (χ4v) is 3.46. The van der Waals surface area contributed by atoms with Crippen molar-refractivity contribution in [3.8, 4) is 0 Å². The minimum atomic E-state index is -0.265. The van der Waals surface area contributed by atoms with E-state index in [1.165, 1.54) is 4.90 Å². The monoisotopic (exact) mass is 362 g/mol. The summed E-state index contributed by atoms with van der Waals surface area (Å²) in [4.78, 5) is 35.6. The van der Waals surface area contributed by atoms with Crippen LogP contribution in [0.2, 0.25) is 0 Å². The molecule has 0 aromatic carbocycles. The number of hydrogen-bond acceptors (Lipinski definition) is 6. The normalized spacial score (nSPS) is 22.2. The number of piperidine rings is 1. The second-order valence-corrected chi connectivity index (χ2v) is 7.11. The van der Waals surface area contributed by atoms with Gasteiger partial charge in [0.25, 0.3) is 5.91 Å². The summed E-state index contributed by atoms with van der Waals surface area (Å²) in [6.45, 7) is 1.95. The van der Waals surface area contributed by atoms with Crippen LogP contribution in [0.1, 0.15) is 36.3 Å². The fraction of sp³-hybridized carbons (Fsp3) is 0.667. The molecule has 2 aliphatic rings. The second-order valence-electron chi connectivity index (χ2n) is 7.11. The van der Waals surface area contributed by atoms with Gasteiger partial charge in [0, 0.05) is 52.6 Å². The Bertz CT molecular complexity index is 629. The molecule has 0 N–H and O–H groups in total. The van der Waals surface area contributed by atoms with E-state index in [1.807, 2.05) is 0 Å². The average Bonchev–Trinajstić information content (AvgIpc) is 2.67. The van der Waals surface area contributed by atoms with Gasteiger partial charge in [0.1, 0.15) is 6.61 Å². The number of aromatic nitrogens is 2. The molecule has 2 aliphatic heterocycles. The zero-order chi connectivity index (χ0) is 18.6. The Labute approximate surface area is 153 Å². The molecule has 1 unspecified atom stereocenters. The first-order valence-electron chi connectivity index (χ1n) is 9.01. The molecule has 3 heterocycles. The van der Waals surface area contributed by atoms with Gasteiger partial charge in [-0.05, 0) is 25.3 Å². The molecular weight excluding hydrogens is 336 g/mol. The van der Waals surface area contributed by atoms with Gasteiger partial charge in [-0.25, -0.2) is 9.97 Å². The number of likely N-dealkylation sites (tertiary alicyclic amines) is 1. The van der Waals surface area contributed by atoms with E-state index < -0.39 is 0 Å². The summed E-state index contributed by atoms with van der Waals surface area (Å²) in [5.74, 6) is 0.0610. The van der Waals surface area contributed by atoms with E-state index in [9.17, 15) is 9.59 Å². The van der Waals surface area contributed by atoms with Gasteiger partial charge in [-0.1, -0.05) is 0 Å². The van der Waals surface area contributed by atoms with Gasteiger partial charge in [-0.15, -0.1) is 0 Å². The average molecular weight is 362 g/mol. The molecule has 0 aliphatic carbocycles. The Kier molecular flexibility index (Phi) is 5.83. The number of ether oxygens (including phenoxy) is 2. The number of carbonyl (C=O) groups excluding carboxylic acids is 2. The van der Waals surface area contributed by atoms with Crippen LogP contribution in [0.3, 0.4) is 0 Å². The number of amides is 2. The molecule has 2 amide bonds. The van der Waals surface area contributed by atoms with E-state index in [0.29, 0.717) is 19.7 Å². The lowest BCUT2D eigenvalue weighted by atomic mass is 9.83. The zero-order valence-electron chi connectivity index (χ0n) is 15.4. The highest BCUT2D eigenvalue weighted by Gasteiger charge is 2.42. The van der Waals surface area contributed by atoms with Crippen molar-refractivity contribution >= 4 is 11.8 Å². The molecule has 142 valence electrons. The van der Waals surface area contributed by atoms with Crippen molar-refractivity contribution in [2.24, 2.45) is 0 Å². The number of nitrogens with zero attached hydrogens (tertiary/aromatic N) is 4. The highest BCUT2D eigenvalue weighted by Crippen LogP contribution is 2.36. The van der Waals surface area contributed by atoms with Crippen molar-refractivity contribution < 1.29 is 19.1 Å². The Hall–Kier alpha value is -2.06. The fourth-order valence-electron chi connectivity index (χ4n) is 3.46. The van der Waals surface area contributed by atoms with Crippen molar-refractivity contribution in [1.29, 1.82) is 0 Å². The first-order chi connectivity index (χ1) is 12.5. The number of rotatable bonds is 4. The molecule has 3 rings (SSSR count). The van der Waals surface area contributed by atoms with Crippen LogP contribution < -0.4 is 0 Å². The summed E-state index contributed by atoms with van der Waals surface area (Å²) in [6.07, 6.45) is 6.24. The van der Waals surface area contributed by atoms with E-state index in [4.69, 9.17) is 9.47 Å². The minimum absolute atomic E-state index is 0.0207. The van der Waals surface area contributed by atoms with Gasteiger partial charge >= 0.3 is 0 Å². The number of carbonyl (C=O) groups is 2. The van der Waals surface area contributed by atoms with Crippen molar-refractivity contribution in [2.75, 3.05) is 40.4 Å².